The molecule has 6 rings (SSSR count). The van der Waals surface area contributed by atoms with Crippen LogP contribution in [-0.2, 0) is 42.1 Å². The smallest absolute Gasteiger partial charge is 0.228 e. The lowest BCUT2D eigenvalue weighted by molar-refractivity contribution is 0.0903. The Labute approximate surface area is 230 Å². The third-order valence-electron chi connectivity index (χ3n) is 8.16. The van der Waals surface area contributed by atoms with E-state index in [0.717, 1.165) is 59.4 Å². The van der Waals surface area contributed by atoms with E-state index in [2.05, 4.69) is 26.8 Å². The van der Waals surface area contributed by atoms with Crippen molar-refractivity contribution >= 4 is 28.3 Å². The molecule has 1 N–H and O–H groups in total. The van der Waals surface area contributed by atoms with Crippen LogP contribution in [0, 0.1) is 13.8 Å². The Morgan fingerprint density at radius 3 is 2.74 bits per heavy atom. The van der Waals surface area contributed by atoms with Crippen molar-refractivity contribution in [3.05, 3.63) is 40.4 Å². The monoisotopic (exact) mass is 552 g/mol. The standard InChI is InChI=1S/C27H36N8O3S/c1-16(24-17(2)32-33(4)18(24)3)13-22(36)21-14-34-8-9-35(15-23(34)29-21)27-30-20-7-12-39(37)25(20)26(31-27)28-19-5-10-38-11-6-19/h14,16,19H,5-13,15H2,1-4H3,(H,28,30,31). The van der Waals surface area contributed by atoms with E-state index in [-0.39, 0.29) is 17.7 Å². The largest absolute Gasteiger partial charge is 0.381 e. The van der Waals surface area contributed by atoms with E-state index in [1.165, 1.54) is 0 Å². The van der Waals surface area contributed by atoms with Gasteiger partial charge in [-0.25, -0.2) is 9.97 Å². The molecule has 12 heteroatoms. The van der Waals surface area contributed by atoms with Crippen molar-refractivity contribution in [2.75, 3.05) is 35.7 Å². The van der Waals surface area contributed by atoms with Crippen LogP contribution in [-0.4, -0.2) is 70.8 Å². The number of carbonyl (C=O) groups excluding carboxylic acids is 1. The minimum Gasteiger partial charge on any atom is -0.381 e. The molecule has 6 heterocycles. The highest BCUT2D eigenvalue weighted by atomic mass is 32.2. The zero-order valence-electron chi connectivity index (χ0n) is 23.1. The maximum absolute atomic E-state index is 13.2. The number of aryl methyl sites for hydroxylation is 3. The Kier molecular flexibility index (Phi) is 7.00. The van der Waals surface area contributed by atoms with Crippen molar-refractivity contribution in [3.8, 4) is 0 Å². The zero-order chi connectivity index (χ0) is 27.3. The summed E-state index contributed by atoms with van der Waals surface area (Å²) in [5, 5.41) is 8.06. The molecule has 2 atom stereocenters. The molecular weight excluding hydrogens is 516 g/mol. The van der Waals surface area contributed by atoms with Gasteiger partial charge in [0.1, 0.15) is 22.2 Å². The van der Waals surface area contributed by atoms with Gasteiger partial charge in [-0.15, -0.1) is 0 Å². The summed E-state index contributed by atoms with van der Waals surface area (Å²) in [6.45, 7) is 9.48. The first-order valence-electron chi connectivity index (χ1n) is 13.8. The van der Waals surface area contributed by atoms with Crippen molar-refractivity contribution in [2.24, 2.45) is 7.05 Å². The van der Waals surface area contributed by atoms with Gasteiger partial charge in [0.2, 0.25) is 5.95 Å². The van der Waals surface area contributed by atoms with Crippen LogP contribution in [0.15, 0.2) is 11.1 Å². The molecule has 11 nitrogen and oxygen atoms in total. The van der Waals surface area contributed by atoms with Gasteiger partial charge < -0.3 is 19.5 Å². The fraction of sp³-hybridized carbons (Fsp3) is 0.593. The minimum atomic E-state index is -1.08. The van der Waals surface area contributed by atoms with Crippen LogP contribution in [0.2, 0.25) is 0 Å². The van der Waals surface area contributed by atoms with Crippen molar-refractivity contribution < 1.29 is 13.7 Å². The Balaban J connectivity index is 1.20. The lowest BCUT2D eigenvalue weighted by Crippen LogP contribution is -2.35. The van der Waals surface area contributed by atoms with Crippen LogP contribution in [0.25, 0.3) is 0 Å². The molecule has 208 valence electrons. The molecule has 0 amide bonds. The number of rotatable bonds is 7. The maximum atomic E-state index is 13.2. The van der Waals surface area contributed by atoms with Gasteiger partial charge in [0, 0.05) is 69.9 Å². The number of fused-ring (bicyclic) bond motifs is 2. The number of aromatic nitrogens is 6. The first-order valence-corrected chi connectivity index (χ1v) is 15.1. The van der Waals surface area contributed by atoms with Crippen LogP contribution < -0.4 is 10.2 Å². The SMILES string of the molecule is Cc1nn(C)c(C)c1C(C)CC(=O)c1cn2c(n1)CN(c1nc3c(c(NC4CCOCC4)n1)S(=O)CC3)CC2. The molecular formula is C27H36N8O3S. The Bertz CT molecular complexity index is 1440. The van der Waals surface area contributed by atoms with Gasteiger partial charge in [-0.05, 0) is 38.2 Å². The number of nitrogens with zero attached hydrogens (tertiary/aromatic N) is 7. The zero-order valence-corrected chi connectivity index (χ0v) is 23.9. The van der Waals surface area contributed by atoms with Gasteiger partial charge in [-0.3, -0.25) is 13.7 Å². The predicted molar refractivity (Wildman–Crippen MR) is 148 cm³/mol. The fourth-order valence-corrected chi connectivity index (χ4v) is 7.32. The molecule has 0 spiro atoms. The van der Waals surface area contributed by atoms with Gasteiger partial charge in [0.25, 0.3) is 0 Å². The fourth-order valence-electron chi connectivity index (χ4n) is 6.00. The summed E-state index contributed by atoms with van der Waals surface area (Å²) in [6, 6.07) is 0.249. The maximum Gasteiger partial charge on any atom is 0.228 e. The van der Waals surface area contributed by atoms with Crippen molar-refractivity contribution in [2.45, 2.75) is 76.4 Å². The molecule has 2 unspecified atom stereocenters. The molecule has 0 bridgehead atoms. The number of Topliss-reactive ketones (excluding diaryl/α,β-unsaturated/α-hetero) is 1. The van der Waals surface area contributed by atoms with Gasteiger partial charge in [-0.1, -0.05) is 6.92 Å². The molecule has 0 aliphatic carbocycles. The normalized spacial score (nSPS) is 20.1. The van der Waals surface area contributed by atoms with Crippen LogP contribution in [0.1, 0.15) is 71.1 Å². The number of hydrogen-bond acceptors (Lipinski definition) is 9. The summed E-state index contributed by atoms with van der Waals surface area (Å²) in [6.07, 6.45) is 4.76. The highest BCUT2D eigenvalue weighted by Crippen LogP contribution is 2.32. The summed E-state index contributed by atoms with van der Waals surface area (Å²) in [5.41, 5.74) is 4.58. The summed E-state index contributed by atoms with van der Waals surface area (Å²) in [4.78, 5) is 30.5. The minimum absolute atomic E-state index is 0.0396. The average molecular weight is 553 g/mol. The van der Waals surface area contributed by atoms with Crippen LogP contribution in [0.4, 0.5) is 11.8 Å². The van der Waals surface area contributed by atoms with E-state index in [1.807, 2.05) is 31.8 Å². The number of hydrogen-bond donors (Lipinski definition) is 1. The number of nitrogens with one attached hydrogen (secondary N) is 1. The number of carbonyl (C=O) groups is 1. The van der Waals surface area contributed by atoms with E-state index < -0.39 is 10.8 Å². The highest BCUT2D eigenvalue weighted by molar-refractivity contribution is 7.85. The van der Waals surface area contributed by atoms with Gasteiger partial charge in [-0.2, -0.15) is 10.1 Å². The van der Waals surface area contributed by atoms with E-state index in [9.17, 15) is 9.00 Å². The molecule has 1 saturated heterocycles. The van der Waals surface area contributed by atoms with Gasteiger partial charge in [0.05, 0.1) is 28.7 Å². The Morgan fingerprint density at radius 1 is 1.21 bits per heavy atom. The first-order chi connectivity index (χ1) is 18.8. The summed E-state index contributed by atoms with van der Waals surface area (Å²) in [5.74, 6) is 2.84. The molecule has 3 aromatic heterocycles. The first kappa shape index (κ1) is 26.1. The third-order valence-corrected chi connectivity index (χ3v) is 9.62. The second-order valence-corrected chi connectivity index (χ2v) is 12.4. The lowest BCUT2D eigenvalue weighted by atomic mass is 9.93. The molecule has 0 saturated carbocycles. The molecule has 3 aliphatic rings. The average Bonchev–Trinajstić information content (AvgIpc) is 3.59. The van der Waals surface area contributed by atoms with Gasteiger partial charge in [0.15, 0.2) is 5.78 Å². The van der Waals surface area contributed by atoms with Crippen LogP contribution >= 0.6 is 0 Å². The second-order valence-electron chi connectivity index (χ2n) is 10.9. The van der Waals surface area contributed by atoms with E-state index in [1.54, 1.807) is 0 Å². The predicted octanol–water partition coefficient (Wildman–Crippen LogP) is 2.67. The third kappa shape index (κ3) is 5.00. The van der Waals surface area contributed by atoms with E-state index >= 15 is 0 Å². The summed E-state index contributed by atoms with van der Waals surface area (Å²) in [7, 11) is 0.852. The number of ether oxygens (including phenoxy) is 1. The number of anilines is 2. The molecule has 0 aromatic carbocycles. The molecule has 0 radical (unpaired) electrons. The van der Waals surface area contributed by atoms with Crippen molar-refractivity contribution in [3.63, 3.8) is 0 Å². The molecule has 3 aromatic rings. The van der Waals surface area contributed by atoms with E-state index in [4.69, 9.17) is 19.7 Å². The number of imidazole rings is 1. The van der Waals surface area contributed by atoms with E-state index in [0.29, 0.717) is 55.7 Å². The second kappa shape index (κ2) is 10.5. The molecule has 3 aliphatic heterocycles. The summed E-state index contributed by atoms with van der Waals surface area (Å²) < 4.78 is 22.2. The summed E-state index contributed by atoms with van der Waals surface area (Å²) >= 11 is 0. The van der Waals surface area contributed by atoms with Crippen molar-refractivity contribution in [1.82, 2.24) is 29.3 Å². The molecule has 39 heavy (non-hydrogen) atoms. The Morgan fingerprint density at radius 2 is 2.00 bits per heavy atom. The quantitative estimate of drug-likeness (QED) is 0.441. The van der Waals surface area contributed by atoms with Crippen molar-refractivity contribution in [1.29, 1.82) is 0 Å². The highest BCUT2D eigenvalue weighted by Gasteiger charge is 2.30. The lowest BCUT2D eigenvalue weighted by Gasteiger charge is -2.29. The van der Waals surface area contributed by atoms with Crippen LogP contribution in [0.5, 0.6) is 0 Å². The number of ketones is 1. The Hall–Kier alpha value is -3.12. The van der Waals surface area contributed by atoms with Crippen LogP contribution in [0.3, 0.4) is 0 Å². The van der Waals surface area contributed by atoms with Gasteiger partial charge >= 0.3 is 0 Å². The topological polar surface area (TPSA) is 120 Å². The molecule has 1 fully saturated rings.